The summed E-state index contributed by atoms with van der Waals surface area (Å²) in [5.74, 6) is 0.973. The summed E-state index contributed by atoms with van der Waals surface area (Å²) >= 11 is 1.69. The van der Waals surface area contributed by atoms with Crippen LogP contribution >= 0.6 is 11.3 Å². The van der Waals surface area contributed by atoms with Gasteiger partial charge in [0.2, 0.25) is 0 Å². The molecule has 1 fully saturated rings. The predicted molar refractivity (Wildman–Crippen MR) is 69.0 cm³/mol. The van der Waals surface area contributed by atoms with E-state index in [0.29, 0.717) is 6.54 Å². The molecular formula is C13H16N2OS. The first kappa shape index (κ1) is 11.0. The van der Waals surface area contributed by atoms with Gasteiger partial charge in [0.15, 0.2) is 0 Å². The summed E-state index contributed by atoms with van der Waals surface area (Å²) < 4.78 is 2.08. The summed E-state index contributed by atoms with van der Waals surface area (Å²) in [6.07, 6.45) is 7.88. The van der Waals surface area contributed by atoms with Crippen LogP contribution in [0.2, 0.25) is 0 Å². The molecule has 2 aromatic rings. The smallest absolute Gasteiger partial charge is 0.150 e. The van der Waals surface area contributed by atoms with Crippen LogP contribution in [0.1, 0.15) is 25.7 Å². The van der Waals surface area contributed by atoms with Crippen LogP contribution in [-0.4, -0.2) is 20.3 Å². The molecule has 3 nitrogen and oxygen atoms in total. The molecule has 0 amide bonds. The van der Waals surface area contributed by atoms with E-state index in [1.807, 2.05) is 18.5 Å². The van der Waals surface area contributed by atoms with Gasteiger partial charge in [-0.3, -0.25) is 0 Å². The van der Waals surface area contributed by atoms with Crippen molar-refractivity contribution in [3.63, 3.8) is 0 Å². The van der Waals surface area contributed by atoms with Crippen LogP contribution in [-0.2, 0) is 6.54 Å². The Balaban J connectivity index is 1.87. The van der Waals surface area contributed by atoms with Crippen molar-refractivity contribution in [3.05, 3.63) is 29.9 Å². The van der Waals surface area contributed by atoms with Gasteiger partial charge in [0.25, 0.3) is 0 Å². The first-order chi connectivity index (χ1) is 8.27. The highest BCUT2D eigenvalue weighted by molar-refractivity contribution is 7.13. The van der Waals surface area contributed by atoms with E-state index in [1.54, 1.807) is 11.3 Å². The van der Waals surface area contributed by atoms with Crippen LogP contribution < -0.4 is 0 Å². The van der Waals surface area contributed by atoms with Crippen molar-refractivity contribution in [2.24, 2.45) is 0 Å². The Labute approximate surface area is 105 Å². The van der Waals surface area contributed by atoms with Crippen LogP contribution in [0, 0.1) is 0 Å². The average Bonchev–Trinajstić information content (AvgIpc) is 2.98. The molecule has 0 unspecified atom stereocenters. The predicted octanol–water partition coefficient (Wildman–Crippen LogP) is 2.92. The highest BCUT2D eigenvalue weighted by atomic mass is 32.1. The Bertz CT molecular complexity index is 483. The molecule has 1 N–H and O–H groups in total. The summed E-state index contributed by atoms with van der Waals surface area (Å²) in [6, 6.07) is 4.10. The van der Waals surface area contributed by atoms with Gasteiger partial charge in [0.1, 0.15) is 5.82 Å². The first-order valence-electron chi connectivity index (χ1n) is 6.04. The third-order valence-electron chi connectivity index (χ3n) is 3.46. The van der Waals surface area contributed by atoms with E-state index >= 15 is 0 Å². The number of thiophene rings is 1. The standard InChI is InChI=1S/C13H16N2OS/c16-13(5-1-2-6-13)10-15-8-7-14-12(15)11-4-3-9-17-11/h3-4,7-9,16H,1-2,5-6,10H2. The molecule has 0 aliphatic heterocycles. The highest BCUT2D eigenvalue weighted by Crippen LogP contribution is 2.32. The third kappa shape index (κ3) is 2.15. The molecule has 0 spiro atoms. The fraction of sp³-hybridized carbons (Fsp3) is 0.462. The number of hydrogen-bond acceptors (Lipinski definition) is 3. The lowest BCUT2D eigenvalue weighted by Crippen LogP contribution is -2.30. The van der Waals surface area contributed by atoms with Crippen LogP contribution in [0.3, 0.4) is 0 Å². The lowest BCUT2D eigenvalue weighted by molar-refractivity contribution is 0.0303. The van der Waals surface area contributed by atoms with Crippen LogP contribution in [0.4, 0.5) is 0 Å². The molecule has 2 heterocycles. The van der Waals surface area contributed by atoms with E-state index in [4.69, 9.17) is 0 Å². The molecule has 0 atom stereocenters. The normalized spacial score (nSPS) is 18.6. The number of aliphatic hydroxyl groups is 1. The Morgan fingerprint density at radius 1 is 1.41 bits per heavy atom. The second-order valence-electron chi connectivity index (χ2n) is 4.79. The zero-order valence-corrected chi connectivity index (χ0v) is 10.5. The third-order valence-corrected chi connectivity index (χ3v) is 4.32. The maximum atomic E-state index is 10.4. The maximum Gasteiger partial charge on any atom is 0.150 e. The fourth-order valence-corrected chi connectivity index (χ4v) is 3.31. The quantitative estimate of drug-likeness (QED) is 0.907. The Hall–Kier alpha value is -1.13. The summed E-state index contributed by atoms with van der Waals surface area (Å²) in [5.41, 5.74) is -0.521. The largest absolute Gasteiger partial charge is 0.388 e. The zero-order valence-electron chi connectivity index (χ0n) is 9.67. The maximum absolute atomic E-state index is 10.4. The molecule has 0 bridgehead atoms. The summed E-state index contributed by atoms with van der Waals surface area (Å²) in [4.78, 5) is 5.56. The number of imidazole rings is 1. The van der Waals surface area contributed by atoms with Crippen LogP contribution in [0.15, 0.2) is 29.9 Å². The SMILES string of the molecule is OC1(Cn2ccnc2-c2cccs2)CCCC1. The van der Waals surface area contributed by atoms with Gasteiger partial charge in [-0.25, -0.2) is 4.98 Å². The van der Waals surface area contributed by atoms with E-state index in [9.17, 15) is 5.11 Å². The number of aromatic nitrogens is 2. The molecule has 17 heavy (non-hydrogen) atoms. The molecule has 0 aromatic carbocycles. The second-order valence-corrected chi connectivity index (χ2v) is 5.74. The van der Waals surface area contributed by atoms with E-state index in [0.717, 1.165) is 36.4 Å². The number of nitrogens with zero attached hydrogens (tertiary/aromatic N) is 2. The first-order valence-corrected chi connectivity index (χ1v) is 6.92. The summed E-state index contributed by atoms with van der Waals surface area (Å²) in [6.45, 7) is 0.667. The van der Waals surface area contributed by atoms with Crippen molar-refractivity contribution >= 4 is 11.3 Å². The van der Waals surface area contributed by atoms with Gasteiger partial charge in [-0.05, 0) is 24.3 Å². The van der Waals surface area contributed by atoms with Gasteiger partial charge in [-0.1, -0.05) is 18.9 Å². The van der Waals surface area contributed by atoms with Crippen molar-refractivity contribution in [1.29, 1.82) is 0 Å². The fourth-order valence-electron chi connectivity index (χ4n) is 2.58. The van der Waals surface area contributed by atoms with E-state index < -0.39 is 5.60 Å². The number of hydrogen-bond donors (Lipinski definition) is 1. The van der Waals surface area contributed by atoms with Crippen molar-refractivity contribution in [2.75, 3.05) is 0 Å². The minimum atomic E-state index is -0.521. The van der Waals surface area contributed by atoms with Gasteiger partial charge in [0, 0.05) is 12.4 Å². The van der Waals surface area contributed by atoms with Crippen LogP contribution in [0.25, 0.3) is 10.7 Å². The minimum absolute atomic E-state index is 0.521. The molecule has 1 saturated carbocycles. The highest BCUT2D eigenvalue weighted by Gasteiger charge is 2.32. The molecule has 4 heteroatoms. The van der Waals surface area contributed by atoms with Crippen molar-refractivity contribution in [1.82, 2.24) is 9.55 Å². The molecule has 3 rings (SSSR count). The molecule has 2 aromatic heterocycles. The van der Waals surface area contributed by atoms with Crippen molar-refractivity contribution in [3.8, 4) is 10.7 Å². The molecular weight excluding hydrogens is 232 g/mol. The van der Waals surface area contributed by atoms with Gasteiger partial charge < -0.3 is 9.67 Å². The second kappa shape index (κ2) is 4.27. The lowest BCUT2D eigenvalue weighted by atomic mass is 10.0. The van der Waals surface area contributed by atoms with Gasteiger partial charge in [0.05, 0.1) is 17.0 Å². The summed E-state index contributed by atoms with van der Waals surface area (Å²) in [5, 5.41) is 12.5. The number of rotatable bonds is 3. The Morgan fingerprint density at radius 3 is 2.94 bits per heavy atom. The topological polar surface area (TPSA) is 38.0 Å². The van der Waals surface area contributed by atoms with Crippen LogP contribution in [0.5, 0.6) is 0 Å². The van der Waals surface area contributed by atoms with E-state index in [-0.39, 0.29) is 0 Å². The average molecular weight is 248 g/mol. The van der Waals surface area contributed by atoms with E-state index in [2.05, 4.69) is 21.0 Å². The monoisotopic (exact) mass is 248 g/mol. The van der Waals surface area contributed by atoms with Gasteiger partial charge >= 0.3 is 0 Å². The Morgan fingerprint density at radius 2 is 2.24 bits per heavy atom. The lowest BCUT2D eigenvalue weighted by Gasteiger charge is -2.23. The molecule has 1 aliphatic carbocycles. The molecule has 0 saturated heterocycles. The molecule has 90 valence electrons. The van der Waals surface area contributed by atoms with Crippen molar-refractivity contribution < 1.29 is 5.11 Å². The van der Waals surface area contributed by atoms with E-state index in [1.165, 1.54) is 0 Å². The van der Waals surface area contributed by atoms with Gasteiger partial charge in [-0.15, -0.1) is 11.3 Å². The molecule has 1 aliphatic rings. The molecule has 0 radical (unpaired) electrons. The minimum Gasteiger partial charge on any atom is -0.388 e. The van der Waals surface area contributed by atoms with Crippen molar-refractivity contribution in [2.45, 2.75) is 37.8 Å². The Kier molecular flexibility index (Phi) is 2.76. The summed E-state index contributed by atoms with van der Waals surface area (Å²) in [7, 11) is 0. The van der Waals surface area contributed by atoms with Gasteiger partial charge in [-0.2, -0.15) is 0 Å². The zero-order chi connectivity index (χ0) is 11.7.